The van der Waals surface area contributed by atoms with E-state index in [4.69, 9.17) is 4.89 Å². The molecule has 0 amide bonds. The van der Waals surface area contributed by atoms with Crippen molar-refractivity contribution in [3.05, 3.63) is 59.3 Å². The lowest BCUT2D eigenvalue weighted by atomic mass is 10.1. The Labute approximate surface area is 169 Å². The van der Waals surface area contributed by atoms with Crippen LogP contribution in [-0.2, 0) is 18.0 Å². The molecule has 0 aliphatic carbocycles. The van der Waals surface area contributed by atoms with Gasteiger partial charge in [-0.2, -0.15) is 0 Å². The maximum Gasteiger partial charge on any atom is 0.479 e. The first kappa shape index (κ1) is 27.0. The van der Waals surface area contributed by atoms with Crippen LogP contribution >= 0.6 is 15.4 Å². The van der Waals surface area contributed by atoms with Crippen LogP contribution in [0.1, 0.15) is 53.4 Å². The molecule has 6 nitrogen and oxygen atoms in total. The predicted molar refractivity (Wildman–Crippen MR) is 116 cm³/mol. The minimum Gasteiger partial charge on any atom is -0.324 e. The van der Waals surface area contributed by atoms with Crippen molar-refractivity contribution in [3.8, 4) is 0 Å². The molecule has 0 spiro atoms. The van der Waals surface area contributed by atoms with Gasteiger partial charge in [-0.3, -0.25) is 9.09 Å². The quantitative estimate of drug-likeness (QED) is 0.197. The van der Waals surface area contributed by atoms with E-state index in [2.05, 4.69) is 48.7 Å². The van der Waals surface area contributed by atoms with Gasteiger partial charge in [0.2, 0.25) is 0 Å². The summed E-state index contributed by atoms with van der Waals surface area (Å²) in [5, 5.41) is 0. The standard InChI is InChI=1S/C20H34O6P2/c1-18(2)12-10-14-20(4)16-11-15-19(3)13-8-6-7-9-17-25-28(23,24)26-27(5,21)22/h6-9,12-13,16H,10-11,14-15,17H2,1-5H3,(H,21,22)(H,23,24)/b8-6?,9-7?,19-13?,20-16+. The summed E-state index contributed by atoms with van der Waals surface area (Å²) in [4.78, 5) is 18.1. The average Bonchev–Trinajstić information content (AvgIpc) is 2.51. The third kappa shape index (κ3) is 18.4. The van der Waals surface area contributed by atoms with Crippen molar-refractivity contribution in [1.82, 2.24) is 0 Å². The van der Waals surface area contributed by atoms with E-state index >= 15 is 0 Å². The van der Waals surface area contributed by atoms with Gasteiger partial charge in [-0.25, -0.2) is 8.88 Å². The Morgan fingerprint density at radius 2 is 1.50 bits per heavy atom. The van der Waals surface area contributed by atoms with Gasteiger partial charge >= 0.3 is 15.4 Å². The Bertz CT molecular complexity index is 706. The molecule has 0 saturated carbocycles. The molecule has 0 aromatic carbocycles. The number of hydrogen-bond donors (Lipinski definition) is 2. The molecule has 0 aromatic rings. The third-order valence-electron chi connectivity index (χ3n) is 3.45. The van der Waals surface area contributed by atoms with Gasteiger partial charge in [-0.1, -0.05) is 59.3 Å². The molecule has 2 N–H and O–H groups in total. The van der Waals surface area contributed by atoms with E-state index in [0.717, 1.165) is 32.3 Å². The van der Waals surface area contributed by atoms with Gasteiger partial charge in [0.15, 0.2) is 0 Å². The van der Waals surface area contributed by atoms with E-state index in [9.17, 15) is 14.0 Å². The van der Waals surface area contributed by atoms with E-state index in [1.165, 1.54) is 22.8 Å². The minimum atomic E-state index is -4.53. The van der Waals surface area contributed by atoms with Crippen molar-refractivity contribution >= 4 is 15.4 Å². The largest absolute Gasteiger partial charge is 0.479 e. The lowest BCUT2D eigenvalue weighted by Crippen LogP contribution is -1.93. The molecule has 2 unspecified atom stereocenters. The molecule has 0 heterocycles. The maximum absolute atomic E-state index is 11.4. The summed E-state index contributed by atoms with van der Waals surface area (Å²) in [6, 6.07) is 0. The fourth-order valence-corrected chi connectivity index (χ4v) is 4.09. The molecule has 0 rings (SSSR count). The smallest absolute Gasteiger partial charge is 0.324 e. The summed E-state index contributed by atoms with van der Waals surface area (Å²) in [6.45, 7) is 9.07. The van der Waals surface area contributed by atoms with Crippen molar-refractivity contribution in [3.63, 3.8) is 0 Å². The van der Waals surface area contributed by atoms with Gasteiger partial charge in [0.25, 0.3) is 0 Å². The number of allylic oxidation sites excluding steroid dienone is 9. The molecule has 0 aliphatic heterocycles. The Hall–Kier alpha value is -1.00. The fourth-order valence-electron chi connectivity index (χ4n) is 2.09. The molecule has 0 bridgehead atoms. The van der Waals surface area contributed by atoms with Gasteiger partial charge in [-0.05, 0) is 53.4 Å². The Morgan fingerprint density at radius 3 is 2.11 bits per heavy atom. The first-order valence-corrected chi connectivity index (χ1v) is 12.7. The third-order valence-corrected chi connectivity index (χ3v) is 5.96. The van der Waals surface area contributed by atoms with Crippen LogP contribution in [0.5, 0.6) is 0 Å². The molecule has 0 aliphatic rings. The molecule has 0 saturated heterocycles. The molecular formula is C20H34O6P2. The lowest BCUT2D eigenvalue weighted by Gasteiger charge is -2.11. The zero-order valence-corrected chi connectivity index (χ0v) is 19.3. The van der Waals surface area contributed by atoms with Crippen LogP contribution in [0.2, 0.25) is 0 Å². The van der Waals surface area contributed by atoms with Gasteiger partial charge in [0.1, 0.15) is 0 Å². The second-order valence-corrected chi connectivity index (χ2v) is 10.3. The minimum absolute atomic E-state index is 0.211. The van der Waals surface area contributed by atoms with Gasteiger partial charge in [-0.15, -0.1) is 0 Å². The van der Waals surface area contributed by atoms with E-state index in [1.807, 2.05) is 12.2 Å². The van der Waals surface area contributed by atoms with Crippen molar-refractivity contribution in [2.75, 3.05) is 13.3 Å². The van der Waals surface area contributed by atoms with Gasteiger partial charge < -0.3 is 9.79 Å². The van der Waals surface area contributed by atoms with E-state index in [1.54, 1.807) is 12.2 Å². The van der Waals surface area contributed by atoms with Crippen molar-refractivity contribution in [1.29, 1.82) is 0 Å². The predicted octanol–water partition coefficient (Wildman–Crippen LogP) is 6.47. The van der Waals surface area contributed by atoms with Gasteiger partial charge in [0.05, 0.1) is 6.61 Å². The van der Waals surface area contributed by atoms with E-state index in [0.29, 0.717) is 0 Å². The van der Waals surface area contributed by atoms with Crippen molar-refractivity contribution in [2.24, 2.45) is 0 Å². The number of phosphoric acid groups is 1. The molecule has 2 atom stereocenters. The first-order valence-electron chi connectivity index (χ1n) is 9.18. The molecule has 160 valence electrons. The zero-order valence-electron chi connectivity index (χ0n) is 17.5. The summed E-state index contributed by atoms with van der Waals surface area (Å²) in [7, 11) is -8.61. The van der Waals surface area contributed by atoms with E-state index in [-0.39, 0.29) is 6.61 Å². The fraction of sp³-hybridized carbons (Fsp3) is 0.500. The molecule has 0 aromatic heterocycles. The SMILES string of the molecule is CC(C)=CCC/C(C)=C/CCC(C)=CC=CC=CCOP(=O)(O)OP(C)(=O)O. The Morgan fingerprint density at radius 1 is 0.893 bits per heavy atom. The number of hydrogen-bond acceptors (Lipinski definition) is 4. The maximum atomic E-state index is 11.4. The molecule has 0 radical (unpaired) electrons. The Kier molecular flexibility index (Phi) is 13.6. The van der Waals surface area contributed by atoms with Crippen LogP contribution < -0.4 is 0 Å². The van der Waals surface area contributed by atoms with Crippen molar-refractivity contribution < 1.29 is 27.8 Å². The second-order valence-electron chi connectivity index (χ2n) is 6.88. The van der Waals surface area contributed by atoms with Crippen molar-refractivity contribution in [2.45, 2.75) is 53.4 Å². The summed E-state index contributed by atoms with van der Waals surface area (Å²) in [5.74, 6) is 0. The van der Waals surface area contributed by atoms with Crippen LogP contribution in [0, 0.1) is 0 Å². The van der Waals surface area contributed by atoms with E-state index < -0.39 is 15.4 Å². The monoisotopic (exact) mass is 432 g/mol. The molecule has 28 heavy (non-hydrogen) atoms. The first-order chi connectivity index (χ1) is 12.9. The lowest BCUT2D eigenvalue weighted by molar-refractivity contribution is 0.214. The van der Waals surface area contributed by atoms with Crippen LogP contribution in [0.4, 0.5) is 0 Å². The summed E-state index contributed by atoms with van der Waals surface area (Å²) in [5.41, 5.74) is 4.02. The Balaban J connectivity index is 4.17. The highest BCUT2D eigenvalue weighted by Crippen LogP contribution is 2.57. The number of phosphoric ester groups is 1. The summed E-state index contributed by atoms with van der Waals surface area (Å²) < 4.78 is 30.9. The van der Waals surface area contributed by atoms with Crippen LogP contribution in [0.25, 0.3) is 0 Å². The van der Waals surface area contributed by atoms with Crippen LogP contribution in [-0.4, -0.2) is 23.1 Å². The highest BCUT2D eigenvalue weighted by molar-refractivity contribution is 7.63. The summed E-state index contributed by atoms with van der Waals surface area (Å²) >= 11 is 0. The highest BCUT2D eigenvalue weighted by atomic mass is 31.3. The molecular weight excluding hydrogens is 398 g/mol. The summed E-state index contributed by atoms with van der Waals surface area (Å²) in [6.07, 6.45) is 17.5. The molecule has 0 fully saturated rings. The average molecular weight is 432 g/mol. The number of rotatable bonds is 13. The van der Waals surface area contributed by atoms with Gasteiger partial charge in [0, 0.05) is 6.66 Å². The van der Waals surface area contributed by atoms with Crippen LogP contribution in [0.3, 0.4) is 0 Å². The highest BCUT2D eigenvalue weighted by Gasteiger charge is 2.29. The normalized spacial score (nSPS) is 17.7. The van der Waals surface area contributed by atoms with Crippen LogP contribution in [0.15, 0.2) is 59.3 Å². The molecule has 8 heteroatoms. The second kappa shape index (κ2) is 14.1. The zero-order chi connectivity index (χ0) is 21.6. The topological polar surface area (TPSA) is 93.1 Å².